The van der Waals surface area contributed by atoms with E-state index >= 15 is 0 Å². The summed E-state index contributed by atoms with van der Waals surface area (Å²) in [7, 11) is 0. The molecule has 0 spiro atoms. The molecule has 0 amide bonds. The molecule has 0 bridgehead atoms. The van der Waals surface area contributed by atoms with Gasteiger partial charge in [0.2, 0.25) is 11.6 Å². The van der Waals surface area contributed by atoms with Crippen LogP contribution in [0.4, 0.5) is 33.6 Å². The molecule has 1 aliphatic rings. The average Bonchev–Trinajstić information content (AvgIpc) is 3.11. The van der Waals surface area contributed by atoms with E-state index in [1.807, 2.05) is 4.90 Å². The predicted octanol–water partition coefficient (Wildman–Crippen LogP) is 7.13. The molecule has 1 aromatic heterocycles. The number of hydrogen-bond acceptors (Lipinski definition) is 4. The Morgan fingerprint density at radius 2 is 1.71 bits per heavy atom. The first kappa shape index (κ1) is 25.5. The van der Waals surface area contributed by atoms with Gasteiger partial charge in [0, 0.05) is 35.6 Å². The first-order valence-corrected chi connectivity index (χ1v) is 12.0. The molecule has 0 radical (unpaired) electrons. The van der Waals surface area contributed by atoms with E-state index in [9.17, 15) is 22.0 Å². The van der Waals surface area contributed by atoms with Crippen LogP contribution in [0.3, 0.4) is 0 Å². The van der Waals surface area contributed by atoms with Gasteiger partial charge in [-0.05, 0) is 55.2 Å². The highest BCUT2D eigenvalue weighted by Crippen LogP contribution is 2.40. The van der Waals surface area contributed by atoms with Crippen molar-refractivity contribution < 1.29 is 22.0 Å². The smallest absolute Gasteiger partial charge is 0.341 e. The van der Waals surface area contributed by atoms with Crippen LogP contribution >= 0.6 is 0 Å². The van der Waals surface area contributed by atoms with E-state index in [-0.39, 0.29) is 23.0 Å². The lowest BCUT2D eigenvalue weighted by Gasteiger charge is -2.22. The fourth-order valence-electron chi connectivity index (χ4n) is 4.75. The van der Waals surface area contributed by atoms with Crippen molar-refractivity contribution in [3.05, 3.63) is 83.2 Å². The van der Waals surface area contributed by atoms with Gasteiger partial charge in [0.25, 0.3) is 0 Å². The minimum atomic E-state index is -4.78. The first-order valence-electron chi connectivity index (χ1n) is 12.0. The van der Waals surface area contributed by atoms with Crippen molar-refractivity contribution in [2.24, 2.45) is 5.73 Å². The molecule has 0 saturated carbocycles. The number of benzene rings is 3. The summed E-state index contributed by atoms with van der Waals surface area (Å²) in [4.78, 5) is 14.5. The molecule has 1 fully saturated rings. The Morgan fingerprint density at radius 3 is 2.45 bits per heavy atom. The van der Waals surface area contributed by atoms with Gasteiger partial charge in [0.05, 0.1) is 23.3 Å². The van der Waals surface area contributed by atoms with Crippen molar-refractivity contribution in [2.45, 2.75) is 31.5 Å². The number of nitrogens with zero attached hydrogens (tertiary/aromatic N) is 4. The Labute approximate surface area is 215 Å². The van der Waals surface area contributed by atoms with Gasteiger partial charge in [-0.2, -0.15) is 13.2 Å². The first-order chi connectivity index (χ1) is 18.2. The van der Waals surface area contributed by atoms with Crippen molar-refractivity contribution >= 4 is 22.5 Å². The van der Waals surface area contributed by atoms with Crippen molar-refractivity contribution in [1.29, 1.82) is 0 Å². The second-order valence-corrected chi connectivity index (χ2v) is 9.22. The predicted molar refractivity (Wildman–Crippen MR) is 136 cm³/mol. The number of rotatable bonds is 3. The van der Waals surface area contributed by atoms with E-state index in [1.165, 1.54) is 30.3 Å². The topological polar surface area (TPSA) is 59.4 Å². The molecule has 0 unspecified atom stereocenters. The summed E-state index contributed by atoms with van der Waals surface area (Å²) in [6.45, 7) is 8.39. The third-order valence-electron chi connectivity index (χ3n) is 6.69. The summed E-state index contributed by atoms with van der Waals surface area (Å²) in [5.41, 5.74) is 5.22. The molecule has 194 valence electrons. The van der Waals surface area contributed by atoms with Gasteiger partial charge in [-0.1, -0.05) is 24.3 Å². The molecule has 10 heteroatoms. The Morgan fingerprint density at radius 1 is 0.921 bits per heavy atom. The largest absolute Gasteiger partial charge is 0.417 e. The number of aromatic nitrogens is 2. The lowest BCUT2D eigenvalue weighted by molar-refractivity contribution is -0.137. The van der Waals surface area contributed by atoms with Crippen LogP contribution in [0.2, 0.25) is 0 Å². The minimum Gasteiger partial charge on any atom is -0.341 e. The molecular formula is C28H22F5N5. The Bertz CT molecular complexity index is 1560. The number of fused-ring (bicyclic) bond motifs is 1. The molecule has 1 aliphatic heterocycles. The summed E-state index contributed by atoms with van der Waals surface area (Å²) in [6.07, 6.45) is -2.36. The monoisotopic (exact) mass is 523 g/mol. The molecule has 2 heterocycles. The van der Waals surface area contributed by atoms with E-state index in [0.717, 1.165) is 43.5 Å². The molecular weight excluding hydrogens is 501 g/mol. The molecule has 5 rings (SSSR count). The molecule has 38 heavy (non-hydrogen) atoms. The fourth-order valence-corrected chi connectivity index (χ4v) is 4.75. The van der Waals surface area contributed by atoms with Gasteiger partial charge in [-0.3, -0.25) is 0 Å². The Kier molecular flexibility index (Phi) is 6.71. The maximum atomic E-state index is 14.8. The number of halogens is 5. The fraction of sp³-hybridized carbons (Fsp3) is 0.250. The van der Waals surface area contributed by atoms with Crippen LogP contribution in [-0.2, 0) is 6.18 Å². The van der Waals surface area contributed by atoms with Gasteiger partial charge in [-0.15, -0.1) is 0 Å². The molecule has 5 nitrogen and oxygen atoms in total. The highest BCUT2D eigenvalue weighted by Gasteiger charge is 2.35. The lowest BCUT2D eigenvalue weighted by Crippen LogP contribution is -2.28. The van der Waals surface area contributed by atoms with Crippen LogP contribution in [0, 0.1) is 18.2 Å². The third-order valence-corrected chi connectivity index (χ3v) is 6.69. The molecule has 4 aromatic rings. The van der Waals surface area contributed by atoms with E-state index in [4.69, 9.17) is 17.3 Å². The summed E-state index contributed by atoms with van der Waals surface area (Å²) in [5, 5.41) is 0.323. The van der Waals surface area contributed by atoms with Gasteiger partial charge in [0.1, 0.15) is 11.6 Å². The van der Waals surface area contributed by atoms with Gasteiger partial charge < -0.3 is 10.6 Å². The number of hydrogen-bond donors (Lipinski definition) is 1. The van der Waals surface area contributed by atoms with Crippen molar-refractivity contribution in [2.75, 3.05) is 18.0 Å². The van der Waals surface area contributed by atoms with E-state index < -0.39 is 28.9 Å². The molecule has 2 N–H and O–H groups in total. The highest BCUT2D eigenvalue weighted by molar-refractivity contribution is 5.96. The SMILES string of the molecule is [C-]#[N+]c1ccc(-c2nc(N3CCC[C@@H](N)CC3)nc3ccc(-c4c(F)cccc4C(F)(F)F)cc23)cc1F. The van der Waals surface area contributed by atoms with E-state index in [2.05, 4.69) is 9.83 Å². The van der Waals surface area contributed by atoms with Crippen LogP contribution in [-0.4, -0.2) is 29.1 Å². The second kappa shape index (κ2) is 9.99. The maximum absolute atomic E-state index is 14.8. The van der Waals surface area contributed by atoms with E-state index in [1.54, 1.807) is 0 Å². The summed E-state index contributed by atoms with van der Waals surface area (Å²) in [6, 6.07) is 11.2. The lowest BCUT2D eigenvalue weighted by atomic mass is 9.96. The van der Waals surface area contributed by atoms with Gasteiger partial charge in [0.15, 0.2) is 0 Å². The number of anilines is 1. The zero-order valence-electron chi connectivity index (χ0n) is 20.1. The van der Waals surface area contributed by atoms with Gasteiger partial charge in [-0.25, -0.2) is 23.6 Å². The quantitative estimate of drug-likeness (QED) is 0.229. The van der Waals surface area contributed by atoms with Crippen molar-refractivity contribution in [3.63, 3.8) is 0 Å². The zero-order valence-corrected chi connectivity index (χ0v) is 20.1. The van der Waals surface area contributed by atoms with Crippen LogP contribution in [0.25, 0.3) is 38.1 Å². The van der Waals surface area contributed by atoms with Crippen molar-refractivity contribution in [3.8, 4) is 22.4 Å². The van der Waals surface area contributed by atoms with Crippen LogP contribution in [0.5, 0.6) is 0 Å². The Hall–Kier alpha value is -4.10. The third kappa shape index (κ3) is 4.89. The molecule has 0 aliphatic carbocycles. The summed E-state index contributed by atoms with van der Waals surface area (Å²) >= 11 is 0. The maximum Gasteiger partial charge on any atom is 0.417 e. The summed E-state index contributed by atoms with van der Waals surface area (Å²) in [5.74, 6) is -1.39. The Balaban J connectivity index is 1.74. The zero-order chi connectivity index (χ0) is 27.0. The molecule has 1 atom stereocenters. The minimum absolute atomic E-state index is 0.0143. The van der Waals surface area contributed by atoms with E-state index in [0.29, 0.717) is 35.5 Å². The summed E-state index contributed by atoms with van der Waals surface area (Å²) < 4.78 is 70.6. The van der Waals surface area contributed by atoms with Crippen LogP contribution < -0.4 is 10.6 Å². The molecule has 3 aromatic carbocycles. The normalized spacial score (nSPS) is 16.3. The number of nitrogens with two attached hydrogens (primary N) is 1. The van der Waals surface area contributed by atoms with Crippen LogP contribution in [0.15, 0.2) is 54.6 Å². The standard InChI is InChI=1S/C28H22F5N5/c1-35-24-10-8-17(15-22(24)30)26-19-14-16(25-20(28(31,32)33)5-2-6-21(25)29)7-9-23(19)36-27(37-26)38-12-3-4-18(34)11-13-38/h2,5-10,14-15,18H,3-4,11-13,34H2/t18-/m1/s1. The second-order valence-electron chi connectivity index (χ2n) is 9.22. The average molecular weight is 524 g/mol. The number of alkyl halides is 3. The van der Waals surface area contributed by atoms with Crippen LogP contribution in [0.1, 0.15) is 24.8 Å². The highest BCUT2D eigenvalue weighted by atomic mass is 19.4. The molecule has 1 saturated heterocycles. The van der Waals surface area contributed by atoms with Crippen molar-refractivity contribution in [1.82, 2.24) is 9.97 Å². The van der Waals surface area contributed by atoms with Gasteiger partial charge >= 0.3 is 6.18 Å².